The first-order chi connectivity index (χ1) is 17.8. The summed E-state index contributed by atoms with van der Waals surface area (Å²) in [7, 11) is -1.93. The van der Waals surface area contributed by atoms with Crippen LogP contribution >= 0.6 is 7.26 Å². The van der Waals surface area contributed by atoms with Crippen molar-refractivity contribution in [2.75, 3.05) is 6.16 Å². The van der Waals surface area contributed by atoms with Crippen molar-refractivity contribution in [3.05, 3.63) is 168 Å². The van der Waals surface area contributed by atoms with Crippen LogP contribution in [0.2, 0.25) is 0 Å². The first kappa shape index (κ1) is 26.6. The molecule has 0 N–H and O–H groups in total. The van der Waals surface area contributed by atoms with Crippen molar-refractivity contribution in [1.82, 2.24) is 0 Å². The Morgan fingerprint density at radius 3 is 1.51 bits per heavy atom. The molecule has 37 heavy (non-hydrogen) atoms. The highest BCUT2D eigenvalue weighted by molar-refractivity contribution is 7.95. The van der Waals surface area contributed by atoms with Gasteiger partial charge in [-0.3, -0.25) is 0 Å². The molecule has 0 nitrogen and oxygen atoms in total. The van der Waals surface area contributed by atoms with Crippen molar-refractivity contribution in [3.63, 3.8) is 0 Å². The maximum absolute atomic E-state index is 14.6. The van der Waals surface area contributed by atoms with Crippen molar-refractivity contribution in [2.45, 2.75) is 6.42 Å². The Bertz CT molecular complexity index is 1320. The van der Waals surface area contributed by atoms with Crippen molar-refractivity contribution >= 4 is 29.3 Å². The lowest BCUT2D eigenvalue weighted by Crippen LogP contribution is -3.00. The molecule has 0 aliphatic heterocycles. The second kappa shape index (κ2) is 12.6. The van der Waals surface area contributed by atoms with Gasteiger partial charge in [0.25, 0.3) is 0 Å². The zero-order chi connectivity index (χ0) is 24.6. The van der Waals surface area contributed by atoms with Gasteiger partial charge in [0.15, 0.2) is 0 Å². The molecule has 5 aromatic carbocycles. The molecule has 0 aromatic heterocycles. The zero-order valence-electron chi connectivity index (χ0n) is 20.6. The van der Waals surface area contributed by atoms with Gasteiger partial charge in [-0.25, -0.2) is 4.39 Å². The van der Waals surface area contributed by atoms with Crippen LogP contribution in [0.4, 0.5) is 4.39 Å². The fourth-order valence-electron chi connectivity index (χ4n) is 4.81. The summed E-state index contributed by atoms with van der Waals surface area (Å²) in [5, 5.41) is 4.07. The molecule has 0 saturated heterocycles. The van der Waals surface area contributed by atoms with Crippen LogP contribution in [-0.2, 0) is 6.42 Å². The van der Waals surface area contributed by atoms with Crippen LogP contribution in [-0.4, -0.2) is 6.16 Å². The number of allylic oxidation sites excluding steroid dienone is 1. The summed E-state index contributed by atoms with van der Waals surface area (Å²) < 4.78 is 14.6. The van der Waals surface area contributed by atoms with Gasteiger partial charge in [-0.1, -0.05) is 97.1 Å². The molecular formula is C34H29ClFP. The summed E-state index contributed by atoms with van der Waals surface area (Å²) in [5.41, 5.74) is 2.85. The smallest absolute Gasteiger partial charge is 0.126 e. The SMILES string of the molecule is Fc1ccc(C=CC[P+](c2ccccc2)(c2ccccc2)c2ccccc2)cc1Cc1ccccc1.[Cl-]. The third-order valence-electron chi connectivity index (χ3n) is 6.59. The highest BCUT2D eigenvalue weighted by atomic mass is 35.5. The van der Waals surface area contributed by atoms with Gasteiger partial charge in [0, 0.05) is 6.42 Å². The third kappa shape index (κ3) is 6.08. The first-order valence-corrected chi connectivity index (χ1v) is 14.3. The summed E-state index contributed by atoms with van der Waals surface area (Å²) in [6, 6.07) is 48.1. The summed E-state index contributed by atoms with van der Waals surface area (Å²) in [6.07, 6.45) is 5.90. The molecule has 0 radical (unpaired) electrons. The van der Waals surface area contributed by atoms with E-state index in [9.17, 15) is 4.39 Å². The lowest BCUT2D eigenvalue weighted by Gasteiger charge is -2.26. The molecule has 5 rings (SSSR count). The molecule has 0 spiro atoms. The molecule has 0 fully saturated rings. The largest absolute Gasteiger partial charge is 1.00 e. The predicted molar refractivity (Wildman–Crippen MR) is 155 cm³/mol. The number of halogens is 2. The van der Waals surface area contributed by atoms with E-state index in [2.05, 4.69) is 103 Å². The van der Waals surface area contributed by atoms with E-state index in [1.165, 1.54) is 15.9 Å². The Morgan fingerprint density at radius 2 is 1.03 bits per heavy atom. The fraction of sp³-hybridized carbons (Fsp3) is 0.0588. The van der Waals surface area contributed by atoms with Crippen LogP contribution in [0, 0.1) is 5.82 Å². The van der Waals surface area contributed by atoms with Crippen LogP contribution in [0.5, 0.6) is 0 Å². The summed E-state index contributed by atoms with van der Waals surface area (Å²) in [5.74, 6) is -0.157. The van der Waals surface area contributed by atoms with Crippen molar-refractivity contribution < 1.29 is 16.8 Å². The number of hydrogen-bond acceptors (Lipinski definition) is 0. The van der Waals surface area contributed by atoms with E-state index in [1.807, 2.05) is 42.5 Å². The molecule has 3 heteroatoms. The third-order valence-corrected chi connectivity index (χ3v) is 10.9. The molecule has 0 aliphatic carbocycles. The summed E-state index contributed by atoms with van der Waals surface area (Å²) >= 11 is 0. The van der Waals surface area contributed by atoms with Gasteiger partial charge in [0.1, 0.15) is 29.0 Å². The van der Waals surface area contributed by atoms with Gasteiger partial charge in [-0.2, -0.15) is 0 Å². The van der Waals surface area contributed by atoms with Crippen molar-refractivity contribution in [3.8, 4) is 0 Å². The molecule has 0 amide bonds. The Kier molecular flexibility index (Phi) is 9.07. The van der Waals surface area contributed by atoms with Crippen LogP contribution in [0.25, 0.3) is 6.08 Å². The van der Waals surface area contributed by atoms with E-state index in [4.69, 9.17) is 0 Å². The monoisotopic (exact) mass is 522 g/mol. The van der Waals surface area contributed by atoms with Gasteiger partial charge < -0.3 is 12.4 Å². The van der Waals surface area contributed by atoms with Crippen LogP contribution < -0.4 is 28.3 Å². The van der Waals surface area contributed by atoms with Crippen molar-refractivity contribution in [1.29, 1.82) is 0 Å². The molecule has 5 aromatic rings. The predicted octanol–water partition coefficient (Wildman–Crippen LogP) is 4.43. The average molecular weight is 523 g/mol. The van der Waals surface area contributed by atoms with Crippen LogP contribution in [0.3, 0.4) is 0 Å². The average Bonchev–Trinajstić information content (AvgIpc) is 2.95. The molecule has 0 bridgehead atoms. The van der Waals surface area contributed by atoms with Gasteiger partial charge in [0.2, 0.25) is 0 Å². The molecule has 0 heterocycles. The van der Waals surface area contributed by atoms with Gasteiger partial charge in [-0.05, 0) is 71.3 Å². The maximum Gasteiger partial charge on any atom is 0.126 e. The second-order valence-electron chi connectivity index (χ2n) is 8.91. The topological polar surface area (TPSA) is 0 Å². The fourth-order valence-corrected chi connectivity index (χ4v) is 8.80. The molecular weight excluding hydrogens is 494 g/mol. The van der Waals surface area contributed by atoms with Crippen LogP contribution in [0.15, 0.2) is 146 Å². The number of hydrogen-bond donors (Lipinski definition) is 0. The minimum Gasteiger partial charge on any atom is -1.00 e. The Balaban J connectivity index is 0.00000320. The summed E-state index contributed by atoms with van der Waals surface area (Å²) in [6.45, 7) is 0. The molecule has 0 saturated carbocycles. The second-order valence-corrected chi connectivity index (χ2v) is 12.4. The maximum atomic E-state index is 14.6. The van der Waals surface area contributed by atoms with E-state index in [1.54, 1.807) is 6.07 Å². The quantitative estimate of drug-likeness (QED) is 0.265. The highest BCUT2D eigenvalue weighted by Crippen LogP contribution is 2.55. The van der Waals surface area contributed by atoms with E-state index in [0.29, 0.717) is 6.42 Å². The minimum atomic E-state index is -1.93. The lowest BCUT2D eigenvalue weighted by molar-refractivity contribution is -0.00000748. The minimum absolute atomic E-state index is 0. The van der Waals surface area contributed by atoms with Crippen molar-refractivity contribution in [2.24, 2.45) is 0 Å². The van der Waals surface area contributed by atoms with E-state index in [0.717, 1.165) is 22.9 Å². The lowest BCUT2D eigenvalue weighted by atomic mass is 10.0. The van der Waals surface area contributed by atoms with Gasteiger partial charge in [-0.15, -0.1) is 0 Å². The highest BCUT2D eigenvalue weighted by Gasteiger charge is 2.44. The molecule has 0 atom stereocenters. The van der Waals surface area contributed by atoms with E-state index in [-0.39, 0.29) is 18.2 Å². The molecule has 184 valence electrons. The molecule has 0 aliphatic rings. The summed E-state index contributed by atoms with van der Waals surface area (Å²) in [4.78, 5) is 0. The Labute approximate surface area is 226 Å². The normalized spacial score (nSPS) is 11.3. The number of benzene rings is 5. The number of rotatable bonds is 8. The first-order valence-electron chi connectivity index (χ1n) is 12.3. The van der Waals surface area contributed by atoms with E-state index < -0.39 is 7.26 Å². The molecule has 0 unspecified atom stereocenters. The van der Waals surface area contributed by atoms with Crippen LogP contribution in [0.1, 0.15) is 16.7 Å². The zero-order valence-corrected chi connectivity index (χ0v) is 22.2. The standard InChI is InChI=1S/C34H29FP.ClH/c35-34-24-23-29(27-30(34)26-28-14-5-1-6-15-28)16-13-25-36(31-17-7-2-8-18-31,32-19-9-3-10-20-32)33-21-11-4-12-22-33;/h1-24,27H,25-26H2;1H/q+1;/p-1. The van der Waals surface area contributed by atoms with Gasteiger partial charge >= 0.3 is 0 Å². The Hall–Kier alpha value is -3.51. The Morgan fingerprint density at radius 1 is 0.568 bits per heavy atom. The van der Waals surface area contributed by atoms with E-state index >= 15 is 0 Å². The van der Waals surface area contributed by atoms with Gasteiger partial charge in [0.05, 0.1) is 6.16 Å².